The van der Waals surface area contributed by atoms with Gasteiger partial charge in [-0.05, 0) is 37.1 Å². The number of halogens is 1. The van der Waals surface area contributed by atoms with E-state index in [4.69, 9.17) is 21.1 Å². The van der Waals surface area contributed by atoms with E-state index in [2.05, 4.69) is 4.90 Å². The van der Waals surface area contributed by atoms with Crippen molar-refractivity contribution in [3.63, 3.8) is 0 Å². The fourth-order valence-electron chi connectivity index (χ4n) is 2.19. The molecule has 2 rings (SSSR count). The van der Waals surface area contributed by atoms with Crippen molar-refractivity contribution in [2.45, 2.75) is 18.9 Å². The van der Waals surface area contributed by atoms with E-state index in [0.29, 0.717) is 6.10 Å². The fraction of sp³-hybridized carbons (Fsp3) is 0.571. The van der Waals surface area contributed by atoms with Crippen molar-refractivity contribution in [2.24, 2.45) is 0 Å². The van der Waals surface area contributed by atoms with Crippen LogP contribution in [0.25, 0.3) is 0 Å². The number of rotatable bonds is 5. The SMILES string of the molecule is COC1CCN(CCOc2ccc(Cl)cc2)CC1. The molecule has 0 bridgehead atoms. The largest absolute Gasteiger partial charge is 0.492 e. The molecule has 18 heavy (non-hydrogen) atoms. The van der Waals surface area contributed by atoms with E-state index in [1.54, 1.807) is 7.11 Å². The van der Waals surface area contributed by atoms with Gasteiger partial charge in [-0.1, -0.05) is 11.6 Å². The van der Waals surface area contributed by atoms with Crippen LogP contribution in [0.1, 0.15) is 12.8 Å². The summed E-state index contributed by atoms with van der Waals surface area (Å²) in [5, 5.41) is 0.740. The van der Waals surface area contributed by atoms with Crippen LogP contribution < -0.4 is 4.74 Å². The normalized spacial score (nSPS) is 17.9. The summed E-state index contributed by atoms with van der Waals surface area (Å²) in [4.78, 5) is 2.42. The molecule has 3 nitrogen and oxygen atoms in total. The minimum absolute atomic E-state index is 0.443. The molecule has 1 aromatic rings. The second-order valence-electron chi connectivity index (χ2n) is 4.58. The third kappa shape index (κ3) is 4.16. The molecule has 1 saturated heterocycles. The zero-order valence-electron chi connectivity index (χ0n) is 10.8. The molecule has 1 aliphatic rings. The van der Waals surface area contributed by atoms with Crippen LogP contribution in [0.5, 0.6) is 5.75 Å². The summed E-state index contributed by atoms with van der Waals surface area (Å²) in [6, 6.07) is 7.50. The molecule has 0 radical (unpaired) electrons. The first-order valence-electron chi connectivity index (χ1n) is 6.41. The van der Waals surface area contributed by atoms with Crippen molar-refractivity contribution in [3.05, 3.63) is 29.3 Å². The Balaban J connectivity index is 1.65. The zero-order chi connectivity index (χ0) is 12.8. The summed E-state index contributed by atoms with van der Waals surface area (Å²) in [7, 11) is 1.80. The second kappa shape index (κ2) is 6.98. The first-order valence-corrected chi connectivity index (χ1v) is 6.79. The summed E-state index contributed by atoms with van der Waals surface area (Å²) in [5.74, 6) is 0.881. The molecule has 0 spiro atoms. The average Bonchev–Trinajstić information content (AvgIpc) is 2.42. The molecular formula is C14H20ClNO2. The van der Waals surface area contributed by atoms with Gasteiger partial charge in [0.25, 0.3) is 0 Å². The second-order valence-corrected chi connectivity index (χ2v) is 5.02. The van der Waals surface area contributed by atoms with E-state index in [1.807, 2.05) is 24.3 Å². The van der Waals surface area contributed by atoms with Crippen LogP contribution in [0.3, 0.4) is 0 Å². The molecule has 0 atom stereocenters. The van der Waals surface area contributed by atoms with Crippen molar-refractivity contribution in [3.8, 4) is 5.75 Å². The monoisotopic (exact) mass is 269 g/mol. The third-order valence-corrected chi connectivity index (χ3v) is 3.61. The van der Waals surface area contributed by atoms with Crippen LogP contribution in [0, 0.1) is 0 Å². The van der Waals surface area contributed by atoms with E-state index in [0.717, 1.165) is 49.9 Å². The lowest BCUT2D eigenvalue weighted by Crippen LogP contribution is -2.38. The number of likely N-dealkylation sites (tertiary alicyclic amines) is 1. The first-order chi connectivity index (χ1) is 8.78. The first kappa shape index (κ1) is 13.7. The molecule has 1 aromatic carbocycles. The molecule has 1 heterocycles. The van der Waals surface area contributed by atoms with Crippen LogP contribution in [0.4, 0.5) is 0 Å². The Kier molecular flexibility index (Phi) is 5.29. The number of piperidine rings is 1. The highest BCUT2D eigenvalue weighted by atomic mass is 35.5. The molecule has 0 saturated carbocycles. The van der Waals surface area contributed by atoms with Crippen molar-refractivity contribution >= 4 is 11.6 Å². The summed E-state index contributed by atoms with van der Waals surface area (Å²) in [6.45, 7) is 3.89. The quantitative estimate of drug-likeness (QED) is 0.821. The highest BCUT2D eigenvalue weighted by Gasteiger charge is 2.17. The van der Waals surface area contributed by atoms with Crippen molar-refractivity contribution in [1.82, 2.24) is 4.90 Å². The van der Waals surface area contributed by atoms with E-state index in [-0.39, 0.29) is 0 Å². The maximum Gasteiger partial charge on any atom is 0.119 e. The van der Waals surface area contributed by atoms with Crippen molar-refractivity contribution in [2.75, 3.05) is 33.4 Å². The minimum Gasteiger partial charge on any atom is -0.492 e. The van der Waals surface area contributed by atoms with Crippen LogP contribution in [-0.2, 0) is 4.74 Å². The Morgan fingerprint density at radius 2 is 1.89 bits per heavy atom. The number of benzene rings is 1. The van der Waals surface area contributed by atoms with Gasteiger partial charge < -0.3 is 9.47 Å². The molecule has 0 N–H and O–H groups in total. The Hall–Kier alpha value is -0.770. The molecule has 0 aromatic heterocycles. The molecule has 1 aliphatic heterocycles. The number of hydrogen-bond donors (Lipinski definition) is 0. The highest BCUT2D eigenvalue weighted by Crippen LogP contribution is 2.16. The summed E-state index contributed by atoms with van der Waals surface area (Å²) >= 11 is 5.82. The fourth-order valence-corrected chi connectivity index (χ4v) is 2.32. The predicted molar refractivity (Wildman–Crippen MR) is 73.4 cm³/mol. The molecule has 0 amide bonds. The molecule has 0 unspecified atom stereocenters. The van der Waals surface area contributed by atoms with Gasteiger partial charge in [0, 0.05) is 31.8 Å². The van der Waals surface area contributed by atoms with E-state index < -0.39 is 0 Å². The number of methoxy groups -OCH3 is 1. The van der Waals surface area contributed by atoms with E-state index in [1.165, 1.54) is 0 Å². The Bertz CT molecular complexity index is 347. The van der Waals surface area contributed by atoms with Gasteiger partial charge in [0.15, 0.2) is 0 Å². The van der Waals surface area contributed by atoms with Gasteiger partial charge >= 0.3 is 0 Å². The van der Waals surface area contributed by atoms with Crippen molar-refractivity contribution in [1.29, 1.82) is 0 Å². The van der Waals surface area contributed by atoms with Gasteiger partial charge in [0.2, 0.25) is 0 Å². The van der Waals surface area contributed by atoms with Crippen LogP contribution in [0.2, 0.25) is 5.02 Å². The van der Waals surface area contributed by atoms with Crippen LogP contribution in [-0.4, -0.2) is 44.4 Å². The van der Waals surface area contributed by atoms with E-state index in [9.17, 15) is 0 Å². The lowest BCUT2D eigenvalue weighted by Gasteiger charge is -2.30. The number of ether oxygens (including phenoxy) is 2. The highest BCUT2D eigenvalue weighted by molar-refractivity contribution is 6.30. The van der Waals surface area contributed by atoms with E-state index >= 15 is 0 Å². The lowest BCUT2D eigenvalue weighted by molar-refractivity contribution is 0.0375. The van der Waals surface area contributed by atoms with Crippen LogP contribution >= 0.6 is 11.6 Å². The zero-order valence-corrected chi connectivity index (χ0v) is 11.5. The molecular weight excluding hydrogens is 250 g/mol. The summed E-state index contributed by atoms with van der Waals surface area (Å²) in [6.07, 6.45) is 2.69. The summed E-state index contributed by atoms with van der Waals surface area (Å²) in [5.41, 5.74) is 0. The van der Waals surface area contributed by atoms with Gasteiger partial charge in [-0.15, -0.1) is 0 Å². The predicted octanol–water partition coefficient (Wildman–Crippen LogP) is 2.83. The van der Waals surface area contributed by atoms with Crippen LogP contribution in [0.15, 0.2) is 24.3 Å². The third-order valence-electron chi connectivity index (χ3n) is 3.36. The maximum absolute atomic E-state index is 5.82. The number of hydrogen-bond acceptors (Lipinski definition) is 3. The lowest BCUT2D eigenvalue weighted by atomic mass is 10.1. The topological polar surface area (TPSA) is 21.7 Å². The standard InChI is InChI=1S/C14H20ClNO2/c1-17-13-6-8-16(9-7-13)10-11-18-14-4-2-12(15)3-5-14/h2-5,13H,6-11H2,1H3. The maximum atomic E-state index is 5.82. The van der Waals surface area contributed by atoms with Gasteiger partial charge in [0.1, 0.15) is 12.4 Å². The smallest absolute Gasteiger partial charge is 0.119 e. The summed E-state index contributed by atoms with van der Waals surface area (Å²) < 4.78 is 11.0. The van der Waals surface area contributed by atoms with Gasteiger partial charge in [-0.3, -0.25) is 4.90 Å². The van der Waals surface area contributed by atoms with Gasteiger partial charge in [-0.2, -0.15) is 0 Å². The number of nitrogens with zero attached hydrogens (tertiary/aromatic N) is 1. The van der Waals surface area contributed by atoms with Gasteiger partial charge in [0.05, 0.1) is 6.10 Å². The Morgan fingerprint density at radius 3 is 2.50 bits per heavy atom. The van der Waals surface area contributed by atoms with Crippen molar-refractivity contribution < 1.29 is 9.47 Å². The Labute approximate surface area is 114 Å². The average molecular weight is 270 g/mol. The molecule has 4 heteroatoms. The molecule has 1 fully saturated rings. The minimum atomic E-state index is 0.443. The molecule has 0 aliphatic carbocycles. The molecule has 100 valence electrons. The van der Waals surface area contributed by atoms with Gasteiger partial charge in [-0.25, -0.2) is 0 Å². The Morgan fingerprint density at radius 1 is 1.22 bits per heavy atom.